The lowest BCUT2D eigenvalue weighted by Gasteiger charge is -2.39. The van der Waals surface area contributed by atoms with E-state index in [2.05, 4.69) is 4.90 Å². The molecule has 1 aromatic carbocycles. The number of anilines is 1. The molecular formula is C15H19Cl2NO4. The topological polar surface area (TPSA) is 40.2 Å². The van der Waals surface area contributed by atoms with Gasteiger partial charge in [0, 0.05) is 32.0 Å². The molecule has 0 unspecified atom stereocenters. The molecule has 0 aromatic heterocycles. The van der Waals surface area contributed by atoms with Gasteiger partial charge in [-0.05, 0) is 0 Å². The molecule has 5 nitrogen and oxygen atoms in total. The van der Waals surface area contributed by atoms with Crippen molar-refractivity contribution in [3.8, 4) is 11.5 Å². The van der Waals surface area contributed by atoms with E-state index in [-0.39, 0.29) is 0 Å². The van der Waals surface area contributed by atoms with Gasteiger partial charge in [-0.15, -0.1) is 0 Å². The van der Waals surface area contributed by atoms with Gasteiger partial charge in [-0.2, -0.15) is 0 Å². The number of hydrogen-bond acceptors (Lipinski definition) is 5. The quantitative estimate of drug-likeness (QED) is 0.838. The molecule has 0 amide bonds. The fraction of sp³-hybridized carbons (Fsp3) is 0.600. The van der Waals surface area contributed by atoms with Crippen LogP contribution in [0.5, 0.6) is 11.5 Å². The van der Waals surface area contributed by atoms with Gasteiger partial charge in [-0.3, -0.25) is 0 Å². The highest BCUT2D eigenvalue weighted by atomic mass is 35.5. The summed E-state index contributed by atoms with van der Waals surface area (Å²) in [7, 11) is 3.15. The van der Waals surface area contributed by atoms with Crippen LogP contribution in [0.3, 0.4) is 0 Å². The van der Waals surface area contributed by atoms with Crippen molar-refractivity contribution in [2.75, 3.05) is 45.4 Å². The van der Waals surface area contributed by atoms with Crippen LogP contribution in [0.2, 0.25) is 10.0 Å². The van der Waals surface area contributed by atoms with E-state index in [0.29, 0.717) is 34.8 Å². The Morgan fingerprint density at radius 1 is 1.00 bits per heavy atom. The third kappa shape index (κ3) is 2.71. The molecule has 1 spiro atoms. The zero-order chi connectivity index (χ0) is 15.7. The Balaban J connectivity index is 1.88. The summed E-state index contributed by atoms with van der Waals surface area (Å²) in [5.74, 6) is 0.663. The summed E-state index contributed by atoms with van der Waals surface area (Å²) >= 11 is 12.9. The summed E-state index contributed by atoms with van der Waals surface area (Å²) in [5, 5.41) is 0.995. The van der Waals surface area contributed by atoms with Gasteiger partial charge in [0.25, 0.3) is 0 Å². The van der Waals surface area contributed by atoms with E-state index in [1.807, 2.05) is 0 Å². The summed E-state index contributed by atoms with van der Waals surface area (Å²) in [5.41, 5.74) is 0.743. The van der Waals surface area contributed by atoms with Crippen molar-refractivity contribution in [3.63, 3.8) is 0 Å². The highest BCUT2D eigenvalue weighted by Gasteiger charge is 2.40. The Hall–Kier alpha value is -0.880. The Kier molecular flexibility index (Phi) is 4.59. The standard InChI is InChI=1S/C15H19Cl2NO4/c1-19-10-9-11(20-2)13(17)14(12(10)16)18-5-3-15(4-6-18)21-7-8-22-15/h9H,3-8H2,1-2H3. The molecule has 1 aromatic rings. The van der Waals surface area contributed by atoms with E-state index in [9.17, 15) is 0 Å². The lowest BCUT2D eigenvalue weighted by molar-refractivity contribution is -0.169. The predicted octanol–water partition coefficient (Wildman–Crippen LogP) is 3.35. The van der Waals surface area contributed by atoms with Crippen molar-refractivity contribution in [2.24, 2.45) is 0 Å². The van der Waals surface area contributed by atoms with E-state index in [0.717, 1.165) is 31.6 Å². The van der Waals surface area contributed by atoms with Gasteiger partial charge < -0.3 is 23.8 Å². The zero-order valence-electron chi connectivity index (χ0n) is 12.7. The van der Waals surface area contributed by atoms with Crippen LogP contribution in [0.4, 0.5) is 5.69 Å². The molecule has 2 fully saturated rings. The van der Waals surface area contributed by atoms with Gasteiger partial charge in [0.15, 0.2) is 5.79 Å². The van der Waals surface area contributed by atoms with E-state index in [1.54, 1.807) is 20.3 Å². The van der Waals surface area contributed by atoms with Crippen molar-refractivity contribution >= 4 is 28.9 Å². The second kappa shape index (κ2) is 6.32. The molecule has 2 aliphatic rings. The minimum atomic E-state index is -0.432. The van der Waals surface area contributed by atoms with Crippen molar-refractivity contribution in [3.05, 3.63) is 16.1 Å². The molecule has 0 aliphatic carbocycles. The number of piperidine rings is 1. The SMILES string of the molecule is COc1cc(OC)c(Cl)c(N2CCC3(CC2)OCCO3)c1Cl. The first-order chi connectivity index (χ1) is 10.6. The third-order valence-electron chi connectivity index (χ3n) is 4.21. The number of methoxy groups -OCH3 is 2. The molecule has 7 heteroatoms. The molecule has 3 rings (SSSR count). The highest BCUT2D eigenvalue weighted by molar-refractivity contribution is 6.41. The van der Waals surface area contributed by atoms with Gasteiger partial charge in [0.05, 0.1) is 33.1 Å². The van der Waals surface area contributed by atoms with Gasteiger partial charge in [0.1, 0.15) is 21.5 Å². The van der Waals surface area contributed by atoms with Gasteiger partial charge in [-0.25, -0.2) is 0 Å². The van der Waals surface area contributed by atoms with Gasteiger partial charge in [-0.1, -0.05) is 23.2 Å². The molecule has 0 bridgehead atoms. The number of hydrogen-bond donors (Lipinski definition) is 0. The Labute approximate surface area is 140 Å². The van der Waals surface area contributed by atoms with Crippen LogP contribution in [-0.2, 0) is 9.47 Å². The molecule has 0 N–H and O–H groups in total. The minimum absolute atomic E-state index is 0.432. The number of ether oxygens (including phenoxy) is 4. The zero-order valence-corrected chi connectivity index (χ0v) is 14.2. The fourth-order valence-electron chi connectivity index (χ4n) is 3.01. The van der Waals surface area contributed by atoms with Crippen molar-refractivity contribution in [1.29, 1.82) is 0 Å². The van der Waals surface area contributed by atoms with Crippen molar-refractivity contribution in [1.82, 2.24) is 0 Å². The summed E-state index contributed by atoms with van der Waals surface area (Å²) in [4.78, 5) is 2.13. The van der Waals surface area contributed by atoms with E-state index in [1.165, 1.54) is 0 Å². The molecule has 2 heterocycles. The first-order valence-electron chi connectivity index (χ1n) is 7.23. The van der Waals surface area contributed by atoms with Gasteiger partial charge >= 0.3 is 0 Å². The Morgan fingerprint density at radius 3 is 1.95 bits per heavy atom. The summed E-state index contributed by atoms with van der Waals surface area (Å²) in [6.07, 6.45) is 1.55. The molecule has 122 valence electrons. The van der Waals surface area contributed by atoms with Crippen molar-refractivity contribution < 1.29 is 18.9 Å². The number of rotatable bonds is 3. The van der Waals surface area contributed by atoms with Crippen molar-refractivity contribution in [2.45, 2.75) is 18.6 Å². The minimum Gasteiger partial charge on any atom is -0.495 e. The van der Waals surface area contributed by atoms with E-state index in [4.69, 9.17) is 42.1 Å². The molecule has 0 radical (unpaired) electrons. The lowest BCUT2D eigenvalue weighted by atomic mass is 10.0. The van der Waals surface area contributed by atoms with Crippen LogP contribution in [0.1, 0.15) is 12.8 Å². The van der Waals surface area contributed by atoms with Crippen LogP contribution >= 0.6 is 23.2 Å². The molecule has 0 saturated carbocycles. The predicted molar refractivity (Wildman–Crippen MR) is 85.6 cm³/mol. The number of halogens is 2. The average molecular weight is 348 g/mol. The molecular weight excluding hydrogens is 329 g/mol. The first kappa shape index (κ1) is 16.0. The third-order valence-corrected chi connectivity index (χ3v) is 4.94. The maximum Gasteiger partial charge on any atom is 0.171 e. The fourth-order valence-corrected chi connectivity index (χ4v) is 3.75. The molecule has 2 saturated heterocycles. The second-order valence-corrected chi connectivity index (χ2v) is 6.11. The highest BCUT2D eigenvalue weighted by Crippen LogP contribution is 2.47. The Bertz CT molecular complexity index is 523. The lowest BCUT2D eigenvalue weighted by Crippen LogP contribution is -2.45. The summed E-state index contributed by atoms with van der Waals surface area (Å²) in [6, 6.07) is 1.70. The van der Waals surface area contributed by atoms with E-state index < -0.39 is 5.79 Å². The van der Waals surface area contributed by atoms with Gasteiger partial charge in [0.2, 0.25) is 0 Å². The van der Waals surface area contributed by atoms with Crippen LogP contribution in [0.25, 0.3) is 0 Å². The molecule has 0 atom stereocenters. The maximum absolute atomic E-state index is 6.46. The molecule has 22 heavy (non-hydrogen) atoms. The van der Waals surface area contributed by atoms with Crippen LogP contribution in [0, 0.1) is 0 Å². The molecule has 2 aliphatic heterocycles. The monoisotopic (exact) mass is 347 g/mol. The average Bonchev–Trinajstić information content (AvgIpc) is 2.98. The number of benzene rings is 1. The van der Waals surface area contributed by atoms with Crippen LogP contribution in [-0.4, -0.2) is 46.3 Å². The van der Waals surface area contributed by atoms with Crippen LogP contribution < -0.4 is 14.4 Å². The summed E-state index contributed by atoms with van der Waals surface area (Å²) in [6.45, 7) is 2.81. The second-order valence-electron chi connectivity index (χ2n) is 5.35. The number of nitrogens with zero attached hydrogens (tertiary/aromatic N) is 1. The Morgan fingerprint density at radius 2 is 1.50 bits per heavy atom. The normalized spacial score (nSPS) is 20.5. The van der Waals surface area contributed by atoms with E-state index >= 15 is 0 Å². The van der Waals surface area contributed by atoms with Crippen LogP contribution in [0.15, 0.2) is 6.07 Å². The smallest absolute Gasteiger partial charge is 0.171 e. The first-order valence-corrected chi connectivity index (χ1v) is 7.98. The largest absolute Gasteiger partial charge is 0.495 e. The summed E-state index contributed by atoms with van der Waals surface area (Å²) < 4.78 is 22.1. The maximum atomic E-state index is 6.46.